The monoisotopic (exact) mass is 196 g/mol. The van der Waals surface area contributed by atoms with Crippen LogP contribution in [-0.4, -0.2) is 37.1 Å². The first kappa shape index (κ1) is 10.4. The molecule has 1 aliphatic carbocycles. The molecule has 0 amide bonds. The molecule has 1 saturated heterocycles. The van der Waals surface area contributed by atoms with Crippen LogP contribution in [0, 0.1) is 11.8 Å². The fourth-order valence-electron chi connectivity index (χ4n) is 2.41. The van der Waals surface area contributed by atoms with Crippen molar-refractivity contribution in [3.05, 3.63) is 0 Å². The number of rotatable bonds is 2. The second-order valence-electron chi connectivity index (χ2n) is 5.27. The van der Waals surface area contributed by atoms with Gasteiger partial charge in [0.05, 0.1) is 0 Å². The summed E-state index contributed by atoms with van der Waals surface area (Å²) in [5.41, 5.74) is 0. The average Bonchev–Trinajstić information content (AvgIpc) is 2.81. The maximum atomic E-state index is 3.56. The van der Waals surface area contributed by atoms with Gasteiger partial charge in [-0.15, -0.1) is 0 Å². The van der Waals surface area contributed by atoms with E-state index < -0.39 is 0 Å². The Hall–Kier alpha value is -0.0800. The summed E-state index contributed by atoms with van der Waals surface area (Å²) in [4.78, 5) is 2.69. The molecule has 0 aromatic rings. The average molecular weight is 196 g/mol. The van der Waals surface area contributed by atoms with Gasteiger partial charge in [-0.2, -0.15) is 0 Å². The van der Waals surface area contributed by atoms with Crippen LogP contribution >= 0.6 is 0 Å². The van der Waals surface area contributed by atoms with Crippen molar-refractivity contribution in [1.82, 2.24) is 10.2 Å². The molecular weight excluding hydrogens is 172 g/mol. The Kier molecular flexibility index (Phi) is 3.45. The summed E-state index contributed by atoms with van der Waals surface area (Å²) in [5.74, 6) is 2.04. The van der Waals surface area contributed by atoms with Crippen LogP contribution in [0.4, 0.5) is 0 Å². The molecular formula is C12H24N2. The Balaban J connectivity index is 1.73. The Bertz CT molecular complexity index is 181. The first-order valence-corrected chi connectivity index (χ1v) is 6.21. The predicted octanol–water partition coefficient (Wildman–Crippen LogP) is 1.72. The van der Waals surface area contributed by atoms with E-state index in [9.17, 15) is 0 Å². The third-order valence-electron chi connectivity index (χ3n) is 3.79. The van der Waals surface area contributed by atoms with Crippen LogP contribution in [0.2, 0.25) is 0 Å². The lowest BCUT2D eigenvalue weighted by Gasteiger charge is -2.27. The summed E-state index contributed by atoms with van der Waals surface area (Å²) in [6.45, 7) is 9.88. The van der Waals surface area contributed by atoms with Crippen molar-refractivity contribution in [1.29, 1.82) is 0 Å². The minimum Gasteiger partial charge on any atom is -0.314 e. The van der Waals surface area contributed by atoms with Gasteiger partial charge in [0.1, 0.15) is 0 Å². The molecule has 1 heterocycles. The van der Waals surface area contributed by atoms with Gasteiger partial charge in [-0.05, 0) is 57.7 Å². The second-order valence-corrected chi connectivity index (χ2v) is 5.27. The molecule has 2 fully saturated rings. The van der Waals surface area contributed by atoms with E-state index >= 15 is 0 Å². The molecule has 0 aromatic carbocycles. The molecule has 2 nitrogen and oxygen atoms in total. The standard InChI is InChI=1S/C12H24N2/c1-10-8-12(10)9-14-6-3-5-13-11(2)4-7-14/h10-13H,3-9H2,1-2H3. The molecule has 2 rings (SSSR count). The topological polar surface area (TPSA) is 15.3 Å². The molecule has 14 heavy (non-hydrogen) atoms. The third kappa shape index (κ3) is 2.96. The van der Waals surface area contributed by atoms with Gasteiger partial charge in [0.2, 0.25) is 0 Å². The highest BCUT2D eigenvalue weighted by atomic mass is 15.1. The minimum atomic E-state index is 0.717. The molecule has 0 bridgehead atoms. The zero-order valence-electron chi connectivity index (χ0n) is 9.63. The van der Waals surface area contributed by atoms with Crippen LogP contribution in [0.5, 0.6) is 0 Å². The highest BCUT2D eigenvalue weighted by molar-refractivity contribution is 4.85. The van der Waals surface area contributed by atoms with E-state index in [4.69, 9.17) is 0 Å². The molecule has 0 spiro atoms. The van der Waals surface area contributed by atoms with Crippen LogP contribution < -0.4 is 5.32 Å². The Morgan fingerprint density at radius 1 is 1.29 bits per heavy atom. The largest absolute Gasteiger partial charge is 0.314 e. The zero-order chi connectivity index (χ0) is 9.97. The van der Waals surface area contributed by atoms with Crippen LogP contribution in [0.1, 0.15) is 33.1 Å². The van der Waals surface area contributed by atoms with E-state index in [2.05, 4.69) is 24.1 Å². The number of nitrogens with zero attached hydrogens (tertiary/aromatic N) is 1. The van der Waals surface area contributed by atoms with Crippen molar-refractivity contribution in [2.24, 2.45) is 11.8 Å². The maximum absolute atomic E-state index is 3.56. The molecule has 2 heteroatoms. The lowest BCUT2D eigenvalue weighted by atomic mass is 10.1. The normalized spacial score (nSPS) is 40.3. The first-order chi connectivity index (χ1) is 6.75. The van der Waals surface area contributed by atoms with Crippen LogP contribution in [0.15, 0.2) is 0 Å². The van der Waals surface area contributed by atoms with E-state index in [1.807, 2.05) is 0 Å². The van der Waals surface area contributed by atoms with Gasteiger partial charge in [0, 0.05) is 12.6 Å². The van der Waals surface area contributed by atoms with Crippen molar-refractivity contribution in [2.45, 2.75) is 39.2 Å². The molecule has 2 aliphatic rings. The molecule has 82 valence electrons. The van der Waals surface area contributed by atoms with Crippen LogP contribution in [-0.2, 0) is 0 Å². The van der Waals surface area contributed by atoms with Gasteiger partial charge >= 0.3 is 0 Å². The number of nitrogens with one attached hydrogen (secondary N) is 1. The zero-order valence-corrected chi connectivity index (χ0v) is 9.63. The molecule has 0 aromatic heterocycles. The van der Waals surface area contributed by atoms with Crippen LogP contribution in [0.25, 0.3) is 0 Å². The summed E-state index contributed by atoms with van der Waals surface area (Å²) in [7, 11) is 0. The number of hydrogen-bond acceptors (Lipinski definition) is 2. The van der Waals surface area contributed by atoms with Gasteiger partial charge in [-0.1, -0.05) is 6.92 Å². The van der Waals surface area contributed by atoms with E-state index in [-0.39, 0.29) is 0 Å². The predicted molar refractivity (Wildman–Crippen MR) is 60.4 cm³/mol. The van der Waals surface area contributed by atoms with Gasteiger partial charge in [-0.25, -0.2) is 0 Å². The molecule has 3 unspecified atom stereocenters. The van der Waals surface area contributed by atoms with Gasteiger partial charge in [0.15, 0.2) is 0 Å². The third-order valence-corrected chi connectivity index (χ3v) is 3.79. The summed E-state index contributed by atoms with van der Waals surface area (Å²) in [5, 5.41) is 3.56. The molecule has 0 radical (unpaired) electrons. The van der Waals surface area contributed by atoms with Crippen molar-refractivity contribution in [3.8, 4) is 0 Å². The van der Waals surface area contributed by atoms with Gasteiger partial charge in [0.25, 0.3) is 0 Å². The maximum Gasteiger partial charge on any atom is 0.00509 e. The number of hydrogen-bond donors (Lipinski definition) is 1. The lowest BCUT2D eigenvalue weighted by Crippen LogP contribution is -2.39. The first-order valence-electron chi connectivity index (χ1n) is 6.21. The SMILES string of the molecule is CC1CCN(CC2CC2C)CCCN1. The fraction of sp³-hybridized carbons (Fsp3) is 1.00. The molecule has 1 N–H and O–H groups in total. The fourth-order valence-corrected chi connectivity index (χ4v) is 2.41. The van der Waals surface area contributed by atoms with E-state index in [0.29, 0.717) is 0 Å². The summed E-state index contributed by atoms with van der Waals surface area (Å²) in [6, 6.07) is 0.717. The van der Waals surface area contributed by atoms with Crippen molar-refractivity contribution in [2.75, 3.05) is 26.2 Å². The quantitative estimate of drug-likeness (QED) is 0.723. The second kappa shape index (κ2) is 4.63. The smallest absolute Gasteiger partial charge is 0.00509 e. The van der Waals surface area contributed by atoms with E-state index in [1.165, 1.54) is 45.4 Å². The lowest BCUT2D eigenvalue weighted by molar-refractivity contribution is 0.226. The van der Waals surface area contributed by atoms with Crippen molar-refractivity contribution < 1.29 is 0 Å². The Labute approximate surface area is 88.1 Å². The molecule has 1 saturated carbocycles. The van der Waals surface area contributed by atoms with E-state index in [1.54, 1.807) is 0 Å². The van der Waals surface area contributed by atoms with Gasteiger partial charge < -0.3 is 10.2 Å². The molecule has 1 aliphatic heterocycles. The minimum absolute atomic E-state index is 0.717. The van der Waals surface area contributed by atoms with E-state index in [0.717, 1.165) is 17.9 Å². The molecule has 3 atom stereocenters. The Morgan fingerprint density at radius 3 is 2.79 bits per heavy atom. The van der Waals surface area contributed by atoms with Gasteiger partial charge in [-0.3, -0.25) is 0 Å². The Morgan fingerprint density at radius 2 is 2.07 bits per heavy atom. The van der Waals surface area contributed by atoms with Crippen LogP contribution in [0.3, 0.4) is 0 Å². The van der Waals surface area contributed by atoms with Crippen molar-refractivity contribution in [3.63, 3.8) is 0 Å². The summed E-state index contributed by atoms with van der Waals surface area (Å²) < 4.78 is 0. The highest BCUT2D eigenvalue weighted by Crippen LogP contribution is 2.38. The van der Waals surface area contributed by atoms with Crippen molar-refractivity contribution >= 4 is 0 Å². The summed E-state index contributed by atoms with van der Waals surface area (Å²) in [6.07, 6.45) is 4.12. The summed E-state index contributed by atoms with van der Waals surface area (Å²) >= 11 is 0. The highest BCUT2D eigenvalue weighted by Gasteiger charge is 2.33.